The first-order valence-electron chi connectivity index (χ1n) is 5.08. The van der Waals surface area contributed by atoms with Crippen LogP contribution in [0.5, 0.6) is 23.0 Å². The van der Waals surface area contributed by atoms with Gasteiger partial charge in [-0.1, -0.05) is 0 Å². The van der Waals surface area contributed by atoms with Crippen LogP contribution in [0, 0.1) is 0 Å². The highest BCUT2D eigenvalue weighted by Crippen LogP contribution is 2.45. The number of rotatable bonds is 3. The average Bonchev–Trinajstić information content (AvgIpc) is 2.35. The SMILES string of the molecule is COc1cc2oc(=O)cc(O)c2c(OC)c1OC. The highest BCUT2D eigenvalue weighted by Gasteiger charge is 2.20. The Hall–Kier alpha value is -2.37. The van der Waals surface area contributed by atoms with Crippen LogP contribution < -0.4 is 19.8 Å². The molecule has 0 unspecified atom stereocenters. The second-order valence-corrected chi connectivity index (χ2v) is 3.47. The summed E-state index contributed by atoms with van der Waals surface area (Å²) < 4.78 is 20.5. The minimum absolute atomic E-state index is 0.162. The van der Waals surface area contributed by atoms with E-state index in [9.17, 15) is 9.90 Å². The first-order chi connectivity index (χ1) is 8.62. The van der Waals surface area contributed by atoms with Gasteiger partial charge in [0.1, 0.15) is 16.7 Å². The van der Waals surface area contributed by atoms with Crippen LogP contribution in [0.3, 0.4) is 0 Å². The highest BCUT2D eigenvalue weighted by atomic mass is 16.5. The largest absolute Gasteiger partial charge is 0.507 e. The smallest absolute Gasteiger partial charge is 0.339 e. The molecule has 0 fully saturated rings. The van der Waals surface area contributed by atoms with Gasteiger partial charge in [0.25, 0.3) is 0 Å². The third-order valence-corrected chi connectivity index (χ3v) is 2.52. The molecule has 6 heteroatoms. The topological polar surface area (TPSA) is 78.1 Å². The Labute approximate surface area is 102 Å². The number of aromatic hydroxyl groups is 1. The van der Waals surface area contributed by atoms with Gasteiger partial charge in [-0.2, -0.15) is 0 Å². The number of ether oxygens (including phenoxy) is 3. The van der Waals surface area contributed by atoms with Crippen molar-refractivity contribution >= 4 is 11.0 Å². The predicted octanol–water partition coefficient (Wildman–Crippen LogP) is 1.52. The zero-order chi connectivity index (χ0) is 13.3. The van der Waals surface area contributed by atoms with Gasteiger partial charge >= 0.3 is 5.63 Å². The molecule has 1 aromatic heterocycles. The predicted molar refractivity (Wildman–Crippen MR) is 63.8 cm³/mol. The summed E-state index contributed by atoms with van der Waals surface area (Å²) in [6.45, 7) is 0. The zero-order valence-electron chi connectivity index (χ0n) is 10.1. The van der Waals surface area contributed by atoms with Crippen LogP contribution >= 0.6 is 0 Å². The molecule has 0 saturated heterocycles. The number of methoxy groups -OCH3 is 3. The van der Waals surface area contributed by atoms with Gasteiger partial charge in [-0.05, 0) is 0 Å². The molecular weight excluding hydrogens is 240 g/mol. The molecule has 0 atom stereocenters. The summed E-state index contributed by atoms with van der Waals surface area (Å²) in [4.78, 5) is 11.2. The van der Waals surface area contributed by atoms with Crippen LogP contribution in [0.15, 0.2) is 21.3 Å². The lowest BCUT2D eigenvalue weighted by atomic mass is 10.1. The van der Waals surface area contributed by atoms with Gasteiger partial charge in [0.05, 0.1) is 27.4 Å². The molecule has 0 aliphatic carbocycles. The van der Waals surface area contributed by atoms with E-state index >= 15 is 0 Å². The van der Waals surface area contributed by atoms with Crippen molar-refractivity contribution in [2.75, 3.05) is 21.3 Å². The number of benzene rings is 1. The Bertz CT molecular complexity index is 643. The van der Waals surface area contributed by atoms with Gasteiger partial charge < -0.3 is 23.7 Å². The van der Waals surface area contributed by atoms with E-state index < -0.39 is 5.63 Å². The van der Waals surface area contributed by atoms with Gasteiger partial charge in [-0.25, -0.2) is 4.79 Å². The maximum Gasteiger partial charge on any atom is 0.339 e. The van der Waals surface area contributed by atoms with E-state index in [0.717, 1.165) is 6.07 Å². The summed E-state index contributed by atoms with van der Waals surface area (Å²) >= 11 is 0. The van der Waals surface area contributed by atoms with Crippen molar-refractivity contribution in [1.29, 1.82) is 0 Å². The van der Waals surface area contributed by atoms with Gasteiger partial charge in [0.15, 0.2) is 11.5 Å². The fraction of sp³-hybridized carbons (Fsp3) is 0.250. The lowest BCUT2D eigenvalue weighted by molar-refractivity contribution is 0.325. The van der Waals surface area contributed by atoms with E-state index in [1.54, 1.807) is 0 Å². The molecule has 2 aromatic rings. The van der Waals surface area contributed by atoms with Crippen LogP contribution in [-0.2, 0) is 0 Å². The van der Waals surface area contributed by atoms with E-state index in [4.69, 9.17) is 18.6 Å². The Balaban J connectivity index is 2.97. The number of hydrogen-bond acceptors (Lipinski definition) is 6. The third-order valence-electron chi connectivity index (χ3n) is 2.52. The van der Waals surface area contributed by atoms with Crippen molar-refractivity contribution in [3.05, 3.63) is 22.6 Å². The van der Waals surface area contributed by atoms with Crippen molar-refractivity contribution in [3.8, 4) is 23.0 Å². The minimum atomic E-state index is -0.658. The van der Waals surface area contributed by atoms with Crippen molar-refractivity contribution in [2.45, 2.75) is 0 Å². The Morgan fingerprint density at radius 3 is 2.28 bits per heavy atom. The molecule has 96 valence electrons. The monoisotopic (exact) mass is 252 g/mol. The molecule has 2 rings (SSSR count). The van der Waals surface area contributed by atoms with Gasteiger partial charge in [-0.15, -0.1) is 0 Å². The summed E-state index contributed by atoms with van der Waals surface area (Å²) in [6, 6.07) is 2.43. The Kier molecular flexibility index (Phi) is 3.01. The molecule has 0 amide bonds. The molecule has 6 nitrogen and oxygen atoms in total. The minimum Gasteiger partial charge on any atom is -0.507 e. The van der Waals surface area contributed by atoms with E-state index in [0.29, 0.717) is 11.5 Å². The molecule has 18 heavy (non-hydrogen) atoms. The maximum absolute atomic E-state index is 11.2. The maximum atomic E-state index is 11.2. The zero-order valence-corrected chi connectivity index (χ0v) is 10.1. The molecular formula is C12H12O6. The summed E-state index contributed by atoms with van der Waals surface area (Å²) in [5.74, 6) is 0.666. The molecule has 0 saturated carbocycles. The highest BCUT2D eigenvalue weighted by molar-refractivity contribution is 5.93. The standard InChI is InChI=1S/C12H12O6/c1-15-8-5-7-10(6(13)4-9(14)18-7)12(17-3)11(8)16-2/h4-5,13H,1-3H3. The van der Waals surface area contributed by atoms with Crippen LogP contribution in [0.4, 0.5) is 0 Å². The fourth-order valence-corrected chi connectivity index (χ4v) is 1.78. The molecule has 0 bridgehead atoms. The second-order valence-electron chi connectivity index (χ2n) is 3.47. The molecule has 1 heterocycles. The molecule has 0 spiro atoms. The summed E-state index contributed by atoms with van der Waals surface area (Å²) in [6.07, 6.45) is 0. The quantitative estimate of drug-likeness (QED) is 0.834. The molecule has 0 radical (unpaired) electrons. The average molecular weight is 252 g/mol. The number of fused-ring (bicyclic) bond motifs is 1. The van der Waals surface area contributed by atoms with E-state index in [2.05, 4.69) is 0 Å². The van der Waals surface area contributed by atoms with E-state index in [1.165, 1.54) is 27.4 Å². The van der Waals surface area contributed by atoms with Crippen molar-refractivity contribution in [3.63, 3.8) is 0 Å². The van der Waals surface area contributed by atoms with E-state index in [1.807, 2.05) is 0 Å². The molecule has 0 aliphatic rings. The van der Waals surface area contributed by atoms with Crippen LogP contribution in [0.1, 0.15) is 0 Å². The van der Waals surface area contributed by atoms with Crippen LogP contribution in [-0.4, -0.2) is 26.4 Å². The summed E-state index contributed by atoms with van der Waals surface area (Å²) in [7, 11) is 4.31. The van der Waals surface area contributed by atoms with Crippen LogP contribution in [0.2, 0.25) is 0 Å². The summed E-state index contributed by atoms with van der Waals surface area (Å²) in [5.41, 5.74) is -0.497. The molecule has 1 aromatic carbocycles. The van der Waals surface area contributed by atoms with Crippen molar-refractivity contribution in [2.24, 2.45) is 0 Å². The lowest BCUT2D eigenvalue weighted by Crippen LogP contribution is -2.00. The van der Waals surface area contributed by atoms with E-state index in [-0.39, 0.29) is 22.5 Å². The normalized spacial score (nSPS) is 10.4. The summed E-state index contributed by atoms with van der Waals surface area (Å²) in [5, 5.41) is 10.1. The first-order valence-corrected chi connectivity index (χ1v) is 5.08. The van der Waals surface area contributed by atoms with Gasteiger partial charge in [0.2, 0.25) is 5.75 Å². The van der Waals surface area contributed by atoms with Crippen LogP contribution in [0.25, 0.3) is 11.0 Å². The molecule has 1 N–H and O–H groups in total. The molecule has 0 aliphatic heterocycles. The van der Waals surface area contributed by atoms with Crippen molar-refractivity contribution in [1.82, 2.24) is 0 Å². The lowest BCUT2D eigenvalue weighted by Gasteiger charge is -2.14. The van der Waals surface area contributed by atoms with Crippen molar-refractivity contribution < 1.29 is 23.7 Å². The number of hydrogen-bond donors (Lipinski definition) is 1. The Morgan fingerprint density at radius 1 is 1.06 bits per heavy atom. The second kappa shape index (κ2) is 4.48. The third kappa shape index (κ3) is 1.71. The van der Waals surface area contributed by atoms with Gasteiger partial charge in [0, 0.05) is 6.07 Å². The Morgan fingerprint density at radius 2 is 1.72 bits per heavy atom. The first kappa shape index (κ1) is 12.1. The van der Waals surface area contributed by atoms with Gasteiger partial charge in [-0.3, -0.25) is 0 Å². The fourth-order valence-electron chi connectivity index (χ4n) is 1.78.